The summed E-state index contributed by atoms with van der Waals surface area (Å²) in [5, 5.41) is 12.5. The second-order valence-corrected chi connectivity index (χ2v) is 4.37. The normalized spacial score (nSPS) is 9.95. The molecule has 0 saturated heterocycles. The Balaban J connectivity index is 2.10. The summed E-state index contributed by atoms with van der Waals surface area (Å²) in [6.45, 7) is 2.64. The molecule has 19 heavy (non-hydrogen) atoms. The average molecular weight is 273 g/mol. The lowest BCUT2D eigenvalue weighted by Crippen LogP contribution is -2.05. The third-order valence-electron chi connectivity index (χ3n) is 2.79. The van der Waals surface area contributed by atoms with Gasteiger partial charge < -0.3 is 5.32 Å². The summed E-state index contributed by atoms with van der Waals surface area (Å²) in [5.74, 6) is 0.756. The Kier molecular flexibility index (Phi) is 4.32. The van der Waals surface area contributed by atoms with Gasteiger partial charge >= 0.3 is 0 Å². The highest BCUT2D eigenvalue weighted by molar-refractivity contribution is 6.30. The minimum atomic E-state index is 0.486. The molecule has 5 heteroatoms. The van der Waals surface area contributed by atoms with Crippen molar-refractivity contribution in [1.82, 2.24) is 9.97 Å². The van der Waals surface area contributed by atoms with Crippen molar-refractivity contribution >= 4 is 17.4 Å². The van der Waals surface area contributed by atoms with Gasteiger partial charge in [-0.15, -0.1) is 0 Å². The molecular formula is C14H13ClN4. The monoisotopic (exact) mass is 272 g/mol. The van der Waals surface area contributed by atoms with Gasteiger partial charge in [0, 0.05) is 12.1 Å². The van der Waals surface area contributed by atoms with Crippen molar-refractivity contribution in [3.63, 3.8) is 0 Å². The van der Waals surface area contributed by atoms with Crippen molar-refractivity contribution in [3.8, 4) is 6.07 Å². The first kappa shape index (κ1) is 13.3. The van der Waals surface area contributed by atoms with Gasteiger partial charge in [0.15, 0.2) is 0 Å². The van der Waals surface area contributed by atoms with Gasteiger partial charge in [-0.05, 0) is 24.1 Å². The molecule has 0 saturated carbocycles. The van der Waals surface area contributed by atoms with Crippen molar-refractivity contribution < 1.29 is 0 Å². The number of halogens is 1. The maximum atomic E-state index is 8.74. The largest absolute Gasteiger partial charge is 0.366 e. The van der Waals surface area contributed by atoms with Gasteiger partial charge in [0.05, 0.1) is 11.6 Å². The fraction of sp³-hybridized carbons (Fsp3) is 0.214. The Bertz CT molecular complexity index is 602. The molecule has 0 radical (unpaired) electrons. The van der Waals surface area contributed by atoms with Gasteiger partial charge in [0.2, 0.25) is 0 Å². The molecule has 0 amide bonds. The number of benzene rings is 1. The highest BCUT2D eigenvalue weighted by atomic mass is 35.5. The third kappa shape index (κ3) is 3.21. The van der Waals surface area contributed by atoms with Crippen LogP contribution in [0.3, 0.4) is 0 Å². The van der Waals surface area contributed by atoms with E-state index >= 15 is 0 Å². The van der Waals surface area contributed by atoms with E-state index in [-0.39, 0.29) is 0 Å². The molecule has 0 atom stereocenters. The number of hydrogen-bond donors (Lipinski definition) is 1. The average Bonchev–Trinajstić information content (AvgIpc) is 2.45. The number of hydrogen-bond acceptors (Lipinski definition) is 4. The lowest BCUT2D eigenvalue weighted by atomic mass is 10.1. The number of nitrogens with zero attached hydrogens (tertiary/aromatic N) is 3. The van der Waals surface area contributed by atoms with Gasteiger partial charge in [-0.1, -0.05) is 30.7 Å². The van der Waals surface area contributed by atoms with Crippen molar-refractivity contribution in [3.05, 3.63) is 52.4 Å². The predicted octanol–water partition coefficient (Wildman–Crippen LogP) is 3.18. The van der Waals surface area contributed by atoms with E-state index in [0.717, 1.165) is 23.4 Å². The first-order valence-electron chi connectivity index (χ1n) is 5.97. The van der Waals surface area contributed by atoms with E-state index in [9.17, 15) is 0 Å². The van der Waals surface area contributed by atoms with E-state index < -0.39 is 0 Å². The highest BCUT2D eigenvalue weighted by Crippen LogP contribution is 2.20. The molecule has 1 heterocycles. The van der Waals surface area contributed by atoms with Crippen LogP contribution in [0, 0.1) is 11.3 Å². The van der Waals surface area contributed by atoms with Crippen molar-refractivity contribution in [2.24, 2.45) is 0 Å². The summed E-state index contributed by atoms with van der Waals surface area (Å²) in [6, 6.07) is 9.52. The Morgan fingerprint density at radius 2 is 2.00 bits per heavy atom. The van der Waals surface area contributed by atoms with Crippen molar-refractivity contribution in [2.75, 3.05) is 5.32 Å². The summed E-state index contributed by atoms with van der Waals surface area (Å²) < 4.78 is 0. The molecule has 2 rings (SSSR count). The summed E-state index contributed by atoms with van der Waals surface area (Å²) in [6.07, 6.45) is 2.22. The lowest BCUT2D eigenvalue weighted by Gasteiger charge is -2.10. The first-order valence-corrected chi connectivity index (χ1v) is 6.34. The Hall–Kier alpha value is -2.12. The Morgan fingerprint density at radius 3 is 2.63 bits per heavy atom. The second-order valence-electron chi connectivity index (χ2n) is 4.01. The lowest BCUT2D eigenvalue weighted by molar-refractivity contribution is 1.01. The number of nitrogens with one attached hydrogen (secondary N) is 1. The van der Waals surface area contributed by atoms with Crippen LogP contribution in [0.25, 0.3) is 0 Å². The summed E-state index contributed by atoms with van der Waals surface area (Å²) in [7, 11) is 0. The van der Waals surface area contributed by atoms with Gasteiger partial charge in [0.1, 0.15) is 17.3 Å². The molecule has 0 aliphatic carbocycles. The molecule has 0 aliphatic rings. The topological polar surface area (TPSA) is 61.6 Å². The fourth-order valence-corrected chi connectivity index (χ4v) is 2.01. The molecule has 1 aromatic heterocycles. The van der Waals surface area contributed by atoms with Crippen LogP contribution < -0.4 is 5.32 Å². The Labute approximate surface area is 117 Å². The standard InChI is InChI=1S/C14H13ClN4/c1-2-12-13(15)18-9-19-14(12)17-8-11-5-3-10(7-16)4-6-11/h3-6,9H,2,8H2,1H3,(H,17,18,19). The second kappa shape index (κ2) is 6.17. The molecule has 1 N–H and O–H groups in total. The van der Waals surface area contributed by atoms with Crippen LogP contribution in [0.15, 0.2) is 30.6 Å². The maximum Gasteiger partial charge on any atom is 0.137 e. The van der Waals surface area contributed by atoms with Gasteiger partial charge in [-0.3, -0.25) is 0 Å². The minimum absolute atomic E-state index is 0.486. The van der Waals surface area contributed by atoms with E-state index in [1.54, 1.807) is 12.1 Å². The zero-order valence-corrected chi connectivity index (χ0v) is 11.3. The quantitative estimate of drug-likeness (QED) is 0.869. The fourth-order valence-electron chi connectivity index (χ4n) is 1.74. The molecule has 0 bridgehead atoms. The molecule has 0 unspecified atom stereocenters. The zero-order chi connectivity index (χ0) is 13.7. The molecule has 1 aromatic carbocycles. The van der Waals surface area contributed by atoms with Crippen LogP contribution in [-0.2, 0) is 13.0 Å². The van der Waals surface area contributed by atoms with Crippen molar-refractivity contribution in [1.29, 1.82) is 5.26 Å². The number of aromatic nitrogens is 2. The molecule has 4 nitrogen and oxygen atoms in total. The van der Waals surface area contributed by atoms with E-state index in [1.165, 1.54) is 6.33 Å². The zero-order valence-electron chi connectivity index (χ0n) is 10.5. The summed E-state index contributed by atoms with van der Waals surface area (Å²) in [5.41, 5.74) is 2.65. The third-order valence-corrected chi connectivity index (χ3v) is 3.12. The first-order chi connectivity index (χ1) is 9.24. The van der Waals surface area contributed by atoms with E-state index in [2.05, 4.69) is 21.4 Å². The molecule has 2 aromatic rings. The van der Waals surface area contributed by atoms with E-state index in [0.29, 0.717) is 17.3 Å². The SMILES string of the molecule is CCc1c(Cl)ncnc1NCc1ccc(C#N)cc1. The van der Waals surface area contributed by atoms with E-state index in [1.807, 2.05) is 19.1 Å². The van der Waals surface area contributed by atoms with Crippen LogP contribution in [0.5, 0.6) is 0 Å². The van der Waals surface area contributed by atoms with Crippen LogP contribution in [0.4, 0.5) is 5.82 Å². The molecule has 96 valence electrons. The highest BCUT2D eigenvalue weighted by Gasteiger charge is 2.07. The maximum absolute atomic E-state index is 8.74. The van der Waals surface area contributed by atoms with Crippen LogP contribution in [-0.4, -0.2) is 9.97 Å². The van der Waals surface area contributed by atoms with Gasteiger partial charge in [-0.25, -0.2) is 9.97 Å². The number of nitriles is 1. The smallest absolute Gasteiger partial charge is 0.137 e. The summed E-state index contributed by atoms with van der Waals surface area (Å²) >= 11 is 6.02. The van der Waals surface area contributed by atoms with Gasteiger partial charge in [-0.2, -0.15) is 5.26 Å². The number of anilines is 1. The molecule has 0 aliphatic heterocycles. The van der Waals surface area contributed by atoms with E-state index in [4.69, 9.17) is 16.9 Å². The van der Waals surface area contributed by atoms with Crippen LogP contribution >= 0.6 is 11.6 Å². The van der Waals surface area contributed by atoms with Crippen molar-refractivity contribution in [2.45, 2.75) is 19.9 Å². The molecule has 0 spiro atoms. The Morgan fingerprint density at radius 1 is 1.26 bits per heavy atom. The van der Waals surface area contributed by atoms with Crippen LogP contribution in [0.1, 0.15) is 23.6 Å². The number of rotatable bonds is 4. The predicted molar refractivity (Wildman–Crippen MR) is 74.9 cm³/mol. The minimum Gasteiger partial charge on any atom is -0.366 e. The molecular weight excluding hydrogens is 260 g/mol. The van der Waals surface area contributed by atoms with Gasteiger partial charge in [0.25, 0.3) is 0 Å². The van der Waals surface area contributed by atoms with Crippen LogP contribution in [0.2, 0.25) is 5.15 Å². The molecule has 0 fully saturated rings. The summed E-state index contributed by atoms with van der Waals surface area (Å²) in [4.78, 5) is 8.17.